The predicted molar refractivity (Wildman–Crippen MR) is 62.8 cm³/mol. The largest absolute Gasteiger partial charge is 0.321 e. The number of benzene rings is 1. The maximum absolute atomic E-state index is 6.10. The second-order valence-electron chi connectivity index (χ2n) is 3.57. The lowest BCUT2D eigenvalue weighted by molar-refractivity contribution is 0.502. The van der Waals surface area contributed by atoms with Crippen molar-refractivity contribution in [1.82, 2.24) is 0 Å². The Balaban J connectivity index is 3.11. The zero-order valence-corrected chi connectivity index (χ0v) is 9.57. The van der Waals surface area contributed by atoms with Gasteiger partial charge in [-0.25, -0.2) is 0 Å². The highest BCUT2D eigenvalue weighted by atomic mass is 35.5. The molecular formula is C11H13Cl2N. The van der Waals surface area contributed by atoms with Crippen LogP contribution in [-0.4, -0.2) is 0 Å². The first-order valence-electron chi connectivity index (χ1n) is 4.32. The van der Waals surface area contributed by atoms with Crippen molar-refractivity contribution in [1.29, 1.82) is 0 Å². The van der Waals surface area contributed by atoms with Crippen LogP contribution in [0.1, 0.15) is 18.9 Å². The van der Waals surface area contributed by atoms with E-state index in [-0.39, 0.29) is 0 Å². The molecule has 0 amide bonds. The van der Waals surface area contributed by atoms with Crippen LogP contribution in [0.4, 0.5) is 0 Å². The molecule has 1 atom stereocenters. The molecule has 0 aromatic heterocycles. The van der Waals surface area contributed by atoms with Crippen LogP contribution < -0.4 is 5.73 Å². The SMILES string of the molecule is C=CC[C@@](C)(N)c1cc(Cl)cc(Cl)c1. The third-order valence-electron chi connectivity index (χ3n) is 2.09. The van der Waals surface area contributed by atoms with E-state index < -0.39 is 5.54 Å². The lowest BCUT2D eigenvalue weighted by atomic mass is 9.90. The van der Waals surface area contributed by atoms with Crippen molar-refractivity contribution in [3.63, 3.8) is 0 Å². The van der Waals surface area contributed by atoms with Crippen molar-refractivity contribution >= 4 is 23.2 Å². The topological polar surface area (TPSA) is 26.0 Å². The first kappa shape index (κ1) is 11.6. The molecule has 0 aliphatic carbocycles. The summed E-state index contributed by atoms with van der Waals surface area (Å²) in [7, 11) is 0. The Kier molecular flexibility index (Phi) is 3.59. The fourth-order valence-electron chi connectivity index (χ4n) is 1.30. The molecule has 76 valence electrons. The Morgan fingerprint density at radius 3 is 2.29 bits per heavy atom. The van der Waals surface area contributed by atoms with E-state index in [1.54, 1.807) is 12.1 Å². The summed E-state index contributed by atoms with van der Waals surface area (Å²) >= 11 is 11.8. The average molecular weight is 230 g/mol. The van der Waals surface area contributed by atoms with E-state index in [0.29, 0.717) is 16.5 Å². The fourth-order valence-corrected chi connectivity index (χ4v) is 1.83. The Labute approximate surface area is 94.5 Å². The second kappa shape index (κ2) is 4.35. The highest BCUT2D eigenvalue weighted by molar-refractivity contribution is 6.34. The van der Waals surface area contributed by atoms with Gasteiger partial charge in [0.2, 0.25) is 0 Å². The van der Waals surface area contributed by atoms with Gasteiger partial charge < -0.3 is 5.73 Å². The Morgan fingerprint density at radius 2 is 1.86 bits per heavy atom. The fraction of sp³-hybridized carbons (Fsp3) is 0.273. The molecule has 0 radical (unpaired) electrons. The molecule has 0 saturated carbocycles. The minimum atomic E-state index is -0.462. The van der Waals surface area contributed by atoms with Gasteiger partial charge in [-0.15, -0.1) is 6.58 Å². The summed E-state index contributed by atoms with van der Waals surface area (Å²) in [4.78, 5) is 0. The van der Waals surface area contributed by atoms with Crippen molar-refractivity contribution < 1.29 is 0 Å². The van der Waals surface area contributed by atoms with Crippen molar-refractivity contribution in [2.75, 3.05) is 0 Å². The maximum atomic E-state index is 6.10. The second-order valence-corrected chi connectivity index (χ2v) is 4.44. The van der Waals surface area contributed by atoms with Crippen LogP contribution in [-0.2, 0) is 5.54 Å². The summed E-state index contributed by atoms with van der Waals surface area (Å²) in [5, 5.41) is 1.21. The Morgan fingerprint density at radius 1 is 1.36 bits per heavy atom. The van der Waals surface area contributed by atoms with Gasteiger partial charge in [-0.2, -0.15) is 0 Å². The van der Waals surface area contributed by atoms with E-state index in [4.69, 9.17) is 28.9 Å². The van der Waals surface area contributed by atoms with Gasteiger partial charge in [0.15, 0.2) is 0 Å². The standard InChI is InChI=1S/C11H13Cl2N/c1-3-4-11(2,14)8-5-9(12)7-10(13)6-8/h3,5-7H,1,4,14H2,2H3/t11-/m1/s1. The van der Waals surface area contributed by atoms with E-state index in [9.17, 15) is 0 Å². The van der Waals surface area contributed by atoms with E-state index in [1.807, 2.05) is 19.1 Å². The molecule has 1 aromatic carbocycles. The molecule has 3 heteroatoms. The lowest BCUT2D eigenvalue weighted by Gasteiger charge is -2.24. The van der Waals surface area contributed by atoms with Crippen molar-refractivity contribution in [3.05, 3.63) is 46.5 Å². The number of halogens is 2. The summed E-state index contributed by atoms with van der Waals surface area (Å²) in [5.74, 6) is 0. The monoisotopic (exact) mass is 229 g/mol. The molecule has 14 heavy (non-hydrogen) atoms. The minimum absolute atomic E-state index is 0.462. The predicted octanol–water partition coefficient (Wildman–Crippen LogP) is 3.74. The summed E-state index contributed by atoms with van der Waals surface area (Å²) in [6.07, 6.45) is 2.47. The lowest BCUT2D eigenvalue weighted by Crippen LogP contribution is -2.32. The van der Waals surface area contributed by atoms with Gasteiger partial charge in [0.05, 0.1) is 0 Å². The highest BCUT2D eigenvalue weighted by Crippen LogP contribution is 2.28. The van der Waals surface area contributed by atoms with Crippen LogP contribution in [0.5, 0.6) is 0 Å². The van der Waals surface area contributed by atoms with Crippen LogP contribution in [0.25, 0.3) is 0 Å². The highest BCUT2D eigenvalue weighted by Gasteiger charge is 2.20. The molecule has 1 nitrogen and oxygen atoms in total. The van der Waals surface area contributed by atoms with E-state index in [1.165, 1.54) is 0 Å². The van der Waals surface area contributed by atoms with Gasteiger partial charge in [0.1, 0.15) is 0 Å². The molecule has 1 aromatic rings. The first-order chi connectivity index (χ1) is 6.45. The molecule has 0 bridgehead atoms. The zero-order valence-electron chi connectivity index (χ0n) is 8.06. The molecule has 0 spiro atoms. The first-order valence-corrected chi connectivity index (χ1v) is 5.07. The normalized spacial score (nSPS) is 14.9. The maximum Gasteiger partial charge on any atom is 0.0424 e. The number of hydrogen-bond donors (Lipinski definition) is 1. The van der Waals surface area contributed by atoms with E-state index in [0.717, 1.165) is 5.56 Å². The van der Waals surface area contributed by atoms with Crippen LogP contribution in [0, 0.1) is 0 Å². The van der Waals surface area contributed by atoms with E-state index in [2.05, 4.69) is 6.58 Å². The van der Waals surface area contributed by atoms with Crippen molar-refractivity contribution in [2.45, 2.75) is 18.9 Å². The van der Waals surface area contributed by atoms with Crippen LogP contribution in [0.15, 0.2) is 30.9 Å². The van der Waals surface area contributed by atoms with Crippen LogP contribution in [0.2, 0.25) is 10.0 Å². The van der Waals surface area contributed by atoms with Crippen LogP contribution in [0.3, 0.4) is 0 Å². The number of nitrogens with two attached hydrogens (primary N) is 1. The minimum Gasteiger partial charge on any atom is -0.321 e. The smallest absolute Gasteiger partial charge is 0.0424 e. The molecule has 0 saturated heterocycles. The number of rotatable bonds is 3. The van der Waals surface area contributed by atoms with Gasteiger partial charge in [-0.1, -0.05) is 29.3 Å². The molecule has 0 aliphatic heterocycles. The van der Waals surface area contributed by atoms with Crippen molar-refractivity contribution in [2.24, 2.45) is 5.73 Å². The third kappa shape index (κ3) is 2.74. The molecule has 0 fully saturated rings. The molecule has 0 heterocycles. The summed E-state index contributed by atoms with van der Waals surface area (Å²) < 4.78 is 0. The summed E-state index contributed by atoms with van der Waals surface area (Å²) in [6, 6.07) is 5.35. The van der Waals surface area contributed by atoms with Gasteiger partial charge in [-0.05, 0) is 37.1 Å². The quantitative estimate of drug-likeness (QED) is 0.786. The van der Waals surface area contributed by atoms with Gasteiger partial charge in [-0.3, -0.25) is 0 Å². The van der Waals surface area contributed by atoms with Gasteiger partial charge in [0, 0.05) is 15.6 Å². The average Bonchev–Trinajstić information content (AvgIpc) is 2.02. The van der Waals surface area contributed by atoms with Crippen molar-refractivity contribution in [3.8, 4) is 0 Å². The molecule has 1 rings (SSSR count). The Hall–Kier alpha value is -0.500. The zero-order chi connectivity index (χ0) is 10.8. The van der Waals surface area contributed by atoms with Crippen LogP contribution >= 0.6 is 23.2 Å². The van der Waals surface area contributed by atoms with E-state index >= 15 is 0 Å². The molecule has 0 aliphatic rings. The summed E-state index contributed by atoms with van der Waals surface area (Å²) in [6.45, 7) is 5.60. The third-order valence-corrected chi connectivity index (χ3v) is 2.53. The Bertz CT molecular complexity index is 325. The summed E-state index contributed by atoms with van der Waals surface area (Å²) in [5.41, 5.74) is 6.56. The molecule has 2 N–H and O–H groups in total. The molecule has 0 unspecified atom stereocenters. The molecular weight excluding hydrogens is 217 g/mol. The van der Waals surface area contributed by atoms with Gasteiger partial charge in [0.25, 0.3) is 0 Å². The van der Waals surface area contributed by atoms with Gasteiger partial charge >= 0.3 is 0 Å². The number of hydrogen-bond acceptors (Lipinski definition) is 1.